The smallest absolute Gasteiger partial charge is 0.0261 e. The Morgan fingerprint density at radius 1 is 1.33 bits per heavy atom. The first-order valence-electron chi connectivity index (χ1n) is 5.10. The van der Waals surface area contributed by atoms with Gasteiger partial charge in [0.25, 0.3) is 0 Å². The van der Waals surface area contributed by atoms with Crippen LogP contribution in [0.25, 0.3) is 0 Å². The lowest BCUT2D eigenvalue weighted by Crippen LogP contribution is -2.24. The first-order valence-corrected chi connectivity index (χ1v) is 6.43. The van der Waals surface area contributed by atoms with E-state index in [2.05, 4.69) is 59.1 Å². The van der Waals surface area contributed by atoms with Gasteiger partial charge < -0.3 is 4.90 Å². The van der Waals surface area contributed by atoms with Gasteiger partial charge in [0.15, 0.2) is 0 Å². The summed E-state index contributed by atoms with van der Waals surface area (Å²) in [6, 6.07) is 8.44. The summed E-state index contributed by atoms with van der Waals surface area (Å²) in [4.78, 5) is 2.30. The number of rotatable bonds is 5. The van der Waals surface area contributed by atoms with Gasteiger partial charge in [-0.2, -0.15) is 0 Å². The molecule has 0 aliphatic carbocycles. The third-order valence-electron chi connectivity index (χ3n) is 2.25. The van der Waals surface area contributed by atoms with Crippen molar-refractivity contribution in [3.63, 3.8) is 0 Å². The summed E-state index contributed by atoms with van der Waals surface area (Å²) in [6.45, 7) is 4.19. The number of nitrogens with zero attached hydrogens (tertiary/aromatic N) is 1. The summed E-state index contributed by atoms with van der Waals surface area (Å²) in [6.07, 6.45) is 0. The van der Waals surface area contributed by atoms with Crippen molar-refractivity contribution >= 4 is 27.5 Å². The summed E-state index contributed by atoms with van der Waals surface area (Å²) in [7, 11) is 2.13. The molecule has 3 heteroatoms. The molecular formula is C12H17BrClN. The first-order chi connectivity index (χ1) is 7.11. The number of hydrogen-bond donors (Lipinski definition) is 0. The molecule has 15 heavy (non-hydrogen) atoms. The van der Waals surface area contributed by atoms with Crippen LogP contribution in [0.2, 0.25) is 0 Å². The van der Waals surface area contributed by atoms with Crippen LogP contribution in [0.15, 0.2) is 28.7 Å². The number of benzene rings is 1. The highest BCUT2D eigenvalue weighted by Crippen LogP contribution is 2.12. The van der Waals surface area contributed by atoms with Crippen LogP contribution in [0, 0.1) is 5.92 Å². The monoisotopic (exact) mass is 289 g/mol. The van der Waals surface area contributed by atoms with Crippen molar-refractivity contribution in [2.45, 2.75) is 13.5 Å². The Hall–Kier alpha value is -0.0500. The summed E-state index contributed by atoms with van der Waals surface area (Å²) in [5.41, 5.74) is 1.34. The van der Waals surface area contributed by atoms with Gasteiger partial charge in [-0.15, -0.1) is 11.6 Å². The van der Waals surface area contributed by atoms with Gasteiger partial charge in [-0.25, -0.2) is 0 Å². The normalized spacial score (nSPS) is 13.1. The quantitative estimate of drug-likeness (QED) is 0.747. The number of halogens is 2. The Bertz CT molecular complexity index is 286. The zero-order chi connectivity index (χ0) is 11.3. The molecule has 0 N–H and O–H groups in total. The molecule has 0 aliphatic rings. The zero-order valence-corrected chi connectivity index (χ0v) is 11.6. The Kier molecular flexibility index (Phi) is 5.65. The van der Waals surface area contributed by atoms with Crippen molar-refractivity contribution in [2.75, 3.05) is 19.5 Å². The van der Waals surface area contributed by atoms with Crippen LogP contribution in [0.1, 0.15) is 12.5 Å². The number of hydrogen-bond acceptors (Lipinski definition) is 1. The van der Waals surface area contributed by atoms with Crippen LogP contribution in [-0.4, -0.2) is 24.4 Å². The molecule has 0 aromatic heterocycles. The average Bonchev–Trinajstić information content (AvgIpc) is 2.21. The SMILES string of the molecule is CC(CCl)CN(C)Cc1ccc(Br)cc1. The summed E-state index contributed by atoms with van der Waals surface area (Å²) >= 11 is 9.22. The van der Waals surface area contributed by atoms with E-state index < -0.39 is 0 Å². The molecule has 1 atom stereocenters. The lowest BCUT2D eigenvalue weighted by molar-refractivity contribution is 0.290. The Balaban J connectivity index is 2.44. The van der Waals surface area contributed by atoms with Gasteiger partial charge in [-0.1, -0.05) is 35.0 Å². The molecule has 1 aromatic carbocycles. The van der Waals surface area contributed by atoms with Gasteiger partial charge in [0.05, 0.1) is 0 Å². The molecule has 0 spiro atoms. The molecule has 1 unspecified atom stereocenters. The molecule has 1 nitrogen and oxygen atoms in total. The molecule has 1 aromatic rings. The minimum Gasteiger partial charge on any atom is -0.302 e. The maximum atomic E-state index is 5.79. The van der Waals surface area contributed by atoms with Gasteiger partial charge in [0.1, 0.15) is 0 Å². The second-order valence-corrected chi connectivity index (χ2v) is 5.31. The highest BCUT2D eigenvalue weighted by Gasteiger charge is 2.05. The predicted molar refractivity (Wildman–Crippen MR) is 70.4 cm³/mol. The Morgan fingerprint density at radius 3 is 2.47 bits per heavy atom. The third kappa shape index (κ3) is 5.01. The van der Waals surface area contributed by atoms with Crippen molar-refractivity contribution in [1.82, 2.24) is 4.90 Å². The second kappa shape index (κ2) is 6.51. The van der Waals surface area contributed by atoms with E-state index in [0.29, 0.717) is 5.92 Å². The fourth-order valence-corrected chi connectivity index (χ4v) is 1.91. The van der Waals surface area contributed by atoms with Crippen molar-refractivity contribution in [2.24, 2.45) is 5.92 Å². The van der Waals surface area contributed by atoms with Gasteiger partial charge >= 0.3 is 0 Å². The van der Waals surface area contributed by atoms with Crippen LogP contribution in [0.5, 0.6) is 0 Å². The largest absolute Gasteiger partial charge is 0.302 e. The van der Waals surface area contributed by atoms with E-state index in [1.165, 1.54) is 5.56 Å². The Labute approximate surface area is 106 Å². The molecular weight excluding hydrogens is 273 g/mol. The van der Waals surface area contributed by atoms with Gasteiger partial charge in [-0.05, 0) is 30.7 Å². The highest BCUT2D eigenvalue weighted by molar-refractivity contribution is 9.10. The van der Waals surface area contributed by atoms with Crippen LogP contribution < -0.4 is 0 Å². The molecule has 0 heterocycles. The lowest BCUT2D eigenvalue weighted by atomic mass is 10.2. The molecule has 84 valence electrons. The molecule has 0 saturated carbocycles. The highest BCUT2D eigenvalue weighted by atomic mass is 79.9. The standard InChI is InChI=1S/C12H17BrClN/c1-10(7-14)8-15(2)9-11-3-5-12(13)6-4-11/h3-6,10H,7-9H2,1-2H3. The van der Waals surface area contributed by atoms with Crippen molar-refractivity contribution in [1.29, 1.82) is 0 Å². The number of alkyl halides is 1. The minimum absolute atomic E-state index is 0.548. The Morgan fingerprint density at radius 2 is 1.93 bits per heavy atom. The van der Waals surface area contributed by atoms with E-state index >= 15 is 0 Å². The molecule has 0 amide bonds. The molecule has 0 bridgehead atoms. The third-order valence-corrected chi connectivity index (χ3v) is 3.31. The second-order valence-electron chi connectivity index (χ2n) is 4.08. The van der Waals surface area contributed by atoms with Crippen LogP contribution in [-0.2, 0) is 6.54 Å². The van der Waals surface area contributed by atoms with Gasteiger partial charge in [0.2, 0.25) is 0 Å². The van der Waals surface area contributed by atoms with E-state index in [-0.39, 0.29) is 0 Å². The van der Waals surface area contributed by atoms with Crippen molar-refractivity contribution in [3.05, 3.63) is 34.3 Å². The molecule has 0 radical (unpaired) electrons. The molecule has 0 aliphatic heterocycles. The van der Waals surface area contributed by atoms with Crippen LogP contribution >= 0.6 is 27.5 Å². The summed E-state index contributed by atoms with van der Waals surface area (Å²) in [5, 5.41) is 0. The molecule has 0 fully saturated rings. The fourth-order valence-electron chi connectivity index (χ4n) is 1.55. The lowest BCUT2D eigenvalue weighted by Gasteiger charge is -2.19. The van der Waals surface area contributed by atoms with Crippen LogP contribution in [0.4, 0.5) is 0 Å². The van der Waals surface area contributed by atoms with E-state index in [0.717, 1.165) is 23.4 Å². The maximum absolute atomic E-state index is 5.79. The maximum Gasteiger partial charge on any atom is 0.0261 e. The average molecular weight is 291 g/mol. The molecule has 1 rings (SSSR count). The molecule has 0 saturated heterocycles. The van der Waals surface area contributed by atoms with E-state index in [4.69, 9.17) is 11.6 Å². The summed E-state index contributed by atoms with van der Waals surface area (Å²) < 4.78 is 1.13. The van der Waals surface area contributed by atoms with E-state index in [1.807, 2.05) is 0 Å². The van der Waals surface area contributed by atoms with Gasteiger partial charge in [0, 0.05) is 23.4 Å². The van der Waals surface area contributed by atoms with Gasteiger partial charge in [-0.3, -0.25) is 0 Å². The van der Waals surface area contributed by atoms with E-state index in [9.17, 15) is 0 Å². The van der Waals surface area contributed by atoms with Crippen LogP contribution in [0.3, 0.4) is 0 Å². The van der Waals surface area contributed by atoms with Crippen molar-refractivity contribution < 1.29 is 0 Å². The minimum atomic E-state index is 0.548. The predicted octanol–water partition coefficient (Wildman–Crippen LogP) is 3.76. The fraction of sp³-hybridized carbons (Fsp3) is 0.500. The summed E-state index contributed by atoms with van der Waals surface area (Å²) in [5.74, 6) is 1.28. The topological polar surface area (TPSA) is 3.24 Å². The first kappa shape index (κ1) is 13.0. The van der Waals surface area contributed by atoms with E-state index in [1.54, 1.807) is 0 Å². The zero-order valence-electron chi connectivity index (χ0n) is 9.21. The van der Waals surface area contributed by atoms with Crippen molar-refractivity contribution in [3.8, 4) is 0 Å².